The highest BCUT2D eigenvalue weighted by atomic mass is 32.2. The summed E-state index contributed by atoms with van der Waals surface area (Å²) in [4.78, 5) is 7.68. The molecule has 0 atom stereocenters. The lowest BCUT2D eigenvalue weighted by Crippen LogP contribution is -2.61. The normalized spacial score (nSPS) is 15.2. The number of hydrogen-bond acceptors (Lipinski definition) is 3. The van der Waals surface area contributed by atoms with Crippen LogP contribution in [0.25, 0.3) is 0 Å². The van der Waals surface area contributed by atoms with Gasteiger partial charge in [-0.2, -0.15) is 0 Å². The molecule has 0 spiro atoms. The molecule has 0 saturated heterocycles. The Labute approximate surface area is 289 Å². The van der Waals surface area contributed by atoms with E-state index in [0.717, 1.165) is 0 Å². The Morgan fingerprint density at radius 2 is 1.27 bits per heavy atom. The average Bonchev–Trinajstić information content (AvgIpc) is 3.08. The second-order valence-corrected chi connectivity index (χ2v) is 16.2. The maximum absolute atomic E-state index is 2.57. The van der Waals surface area contributed by atoms with Crippen molar-refractivity contribution in [1.82, 2.24) is 0 Å². The monoisotopic (exact) mass is 638 g/mol. The number of anilines is 6. The third-order valence-corrected chi connectivity index (χ3v) is 11.8. The summed E-state index contributed by atoms with van der Waals surface area (Å²) in [6.07, 6.45) is 0. The van der Waals surface area contributed by atoms with E-state index in [9.17, 15) is 0 Å². The van der Waals surface area contributed by atoms with Crippen molar-refractivity contribution in [3.63, 3.8) is 0 Å². The lowest BCUT2D eigenvalue weighted by Gasteiger charge is -2.45. The van der Waals surface area contributed by atoms with Crippen molar-refractivity contribution in [3.8, 4) is 0 Å². The summed E-state index contributed by atoms with van der Waals surface area (Å²) in [5, 5.41) is 0. The molecule has 4 heteroatoms. The van der Waals surface area contributed by atoms with Gasteiger partial charge in [0.05, 0.1) is 5.69 Å². The molecule has 0 fully saturated rings. The minimum absolute atomic E-state index is 0.0953. The zero-order valence-corrected chi connectivity index (χ0v) is 29.3. The van der Waals surface area contributed by atoms with Crippen molar-refractivity contribution in [3.05, 3.63) is 150 Å². The van der Waals surface area contributed by atoms with Crippen LogP contribution in [0.4, 0.5) is 34.1 Å². The molecule has 234 valence electrons. The van der Waals surface area contributed by atoms with Crippen molar-refractivity contribution in [2.45, 2.75) is 62.2 Å². The standard InChI is InChI=1S/C44H39BN2S/c1-28-25-37-41-38(26-28)47-32-14-11-13-30(27-32)44(5,6)33-15-7-10-19-39(33)48-40-20-12-17-35(42(40)47)45(41)34-16-8-9-18-36(34)46(37)31-23-21-29(22-24-31)43(2,3)4/h7-27H,1-6H3. The molecule has 2 nitrogen and oxygen atoms in total. The molecule has 6 aromatic rings. The average molecular weight is 639 g/mol. The summed E-state index contributed by atoms with van der Waals surface area (Å²) in [5.41, 5.74) is 16.8. The summed E-state index contributed by atoms with van der Waals surface area (Å²) >= 11 is 1.91. The molecular weight excluding hydrogens is 599 g/mol. The molecule has 0 saturated carbocycles. The van der Waals surface area contributed by atoms with E-state index in [-0.39, 0.29) is 17.5 Å². The zero-order valence-electron chi connectivity index (χ0n) is 28.5. The minimum Gasteiger partial charge on any atom is -0.311 e. The van der Waals surface area contributed by atoms with Crippen molar-refractivity contribution >= 4 is 69.0 Å². The molecule has 3 heterocycles. The molecule has 3 aliphatic rings. The van der Waals surface area contributed by atoms with Gasteiger partial charge >= 0.3 is 0 Å². The second kappa shape index (κ2) is 10.4. The number of aryl methyl sites for hydroxylation is 1. The fourth-order valence-electron chi connectivity index (χ4n) is 8.22. The van der Waals surface area contributed by atoms with Crippen LogP contribution in [-0.2, 0) is 10.8 Å². The van der Waals surface area contributed by atoms with Crippen LogP contribution in [-0.4, -0.2) is 6.71 Å². The molecule has 2 bridgehead atoms. The predicted octanol–water partition coefficient (Wildman–Crippen LogP) is 10.2. The Kier molecular flexibility index (Phi) is 6.40. The highest BCUT2D eigenvalue weighted by Crippen LogP contribution is 2.51. The van der Waals surface area contributed by atoms with Crippen molar-refractivity contribution in [2.24, 2.45) is 0 Å². The van der Waals surface area contributed by atoms with Crippen LogP contribution < -0.4 is 26.2 Å². The van der Waals surface area contributed by atoms with Crippen LogP contribution in [0.5, 0.6) is 0 Å². The largest absolute Gasteiger partial charge is 0.311 e. The predicted molar refractivity (Wildman–Crippen MR) is 207 cm³/mol. The molecule has 0 amide bonds. The third-order valence-electron chi connectivity index (χ3n) is 10.7. The lowest BCUT2D eigenvalue weighted by molar-refractivity contribution is 0.590. The van der Waals surface area contributed by atoms with Crippen LogP contribution in [0.2, 0.25) is 0 Å². The molecule has 0 aliphatic carbocycles. The van der Waals surface area contributed by atoms with Gasteiger partial charge in [0.15, 0.2) is 0 Å². The molecular formula is C44H39BN2S. The van der Waals surface area contributed by atoms with Gasteiger partial charge in [-0.25, -0.2) is 0 Å². The topological polar surface area (TPSA) is 6.48 Å². The maximum atomic E-state index is 2.57. The minimum atomic E-state index is -0.159. The number of hydrogen-bond donors (Lipinski definition) is 0. The number of para-hydroxylation sites is 2. The molecule has 3 aliphatic heterocycles. The van der Waals surface area contributed by atoms with Gasteiger partial charge in [0.25, 0.3) is 6.71 Å². The quantitative estimate of drug-likeness (QED) is 0.165. The van der Waals surface area contributed by atoms with Gasteiger partial charge in [0.2, 0.25) is 0 Å². The molecule has 0 radical (unpaired) electrons. The van der Waals surface area contributed by atoms with E-state index in [4.69, 9.17) is 0 Å². The van der Waals surface area contributed by atoms with Crippen LogP contribution in [0.1, 0.15) is 56.9 Å². The Bertz CT molecular complexity index is 2260. The van der Waals surface area contributed by atoms with E-state index in [0.29, 0.717) is 0 Å². The van der Waals surface area contributed by atoms with Gasteiger partial charge in [0, 0.05) is 43.6 Å². The fraction of sp³-hybridized carbons (Fsp3) is 0.182. The van der Waals surface area contributed by atoms with Gasteiger partial charge in [0.1, 0.15) is 0 Å². The highest BCUT2D eigenvalue weighted by molar-refractivity contribution is 7.99. The van der Waals surface area contributed by atoms with Crippen LogP contribution >= 0.6 is 11.8 Å². The number of fused-ring (bicyclic) bond motifs is 8. The fourth-order valence-corrected chi connectivity index (χ4v) is 9.49. The molecule has 9 rings (SSSR count). The Morgan fingerprint density at radius 3 is 2.06 bits per heavy atom. The van der Waals surface area contributed by atoms with Crippen LogP contribution in [0.3, 0.4) is 0 Å². The molecule has 0 unspecified atom stereocenters. The second-order valence-electron chi connectivity index (χ2n) is 15.1. The first-order chi connectivity index (χ1) is 23.1. The Balaban J connectivity index is 1.36. The number of nitrogens with zero attached hydrogens (tertiary/aromatic N) is 2. The van der Waals surface area contributed by atoms with E-state index in [1.54, 1.807) is 0 Å². The summed E-state index contributed by atoms with van der Waals surface area (Å²) in [5.74, 6) is 0. The highest BCUT2D eigenvalue weighted by Gasteiger charge is 2.44. The summed E-state index contributed by atoms with van der Waals surface area (Å²) in [6, 6.07) is 48.4. The van der Waals surface area contributed by atoms with E-state index >= 15 is 0 Å². The first-order valence-electron chi connectivity index (χ1n) is 17.1. The first-order valence-corrected chi connectivity index (χ1v) is 17.9. The Morgan fingerprint density at radius 1 is 0.604 bits per heavy atom. The van der Waals surface area contributed by atoms with Gasteiger partial charge < -0.3 is 9.80 Å². The van der Waals surface area contributed by atoms with Crippen LogP contribution in [0, 0.1) is 6.92 Å². The van der Waals surface area contributed by atoms with E-state index in [1.165, 1.54) is 82.6 Å². The van der Waals surface area contributed by atoms with Crippen molar-refractivity contribution in [1.29, 1.82) is 0 Å². The van der Waals surface area contributed by atoms with Crippen molar-refractivity contribution in [2.75, 3.05) is 9.80 Å². The summed E-state index contributed by atoms with van der Waals surface area (Å²) in [7, 11) is 0. The van der Waals surface area contributed by atoms with E-state index < -0.39 is 0 Å². The molecule has 6 aromatic carbocycles. The first kappa shape index (κ1) is 29.5. The van der Waals surface area contributed by atoms with Gasteiger partial charge in [-0.05, 0) is 106 Å². The molecule has 0 N–H and O–H groups in total. The Hall–Kier alpha value is -4.67. The SMILES string of the molecule is Cc1cc2c3c(c1)N1c4cccc(c4)C(C)(C)c4ccccc4Sc4cccc(c41)B3c1ccccc1N2c1ccc(C(C)(C)C)cc1. The number of benzene rings is 6. The summed E-state index contributed by atoms with van der Waals surface area (Å²) < 4.78 is 0. The molecule has 48 heavy (non-hydrogen) atoms. The van der Waals surface area contributed by atoms with Gasteiger partial charge in [-0.1, -0.05) is 119 Å². The van der Waals surface area contributed by atoms with Gasteiger partial charge in [-0.15, -0.1) is 0 Å². The zero-order chi connectivity index (χ0) is 32.9. The van der Waals surface area contributed by atoms with E-state index in [2.05, 4.69) is 179 Å². The summed E-state index contributed by atoms with van der Waals surface area (Å²) in [6.45, 7) is 13.9. The van der Waals surface area contributed by atoms with Crippen LogP contribution in [0.15, 0.2) is 137 Å². The number of rotatable bonds is 1. The smallest absolute Gasteiger partial charge is 0.252 e. The van der Waals surface area contributed by atoms with E-state index in [1.807, 2.05) is 11.8 Å². The third kappa shape index (κ3) is 4.28. The van der Waals surface area contributed by atoms with Gasteiger partial charge in [-0.3, -0.25) is 0 Å². The van der Waals surface area contributed by atoms with Crippen molar-refractivity contribution < 1.29 is 0 Å². The molecule has 0 aromatic heterocycles. The maximum Gasteiger partial charge on any atom is 0.252 e. The lowest BCUT2D eigenvalue weighted by atomic mass is 9.33.